The zero-order chi connectivity index (χ0) is 17.2. The van der Waals surface area contributed by atoms with Crippen LogP contribution in [0.5, 0.6) is 0 Å². The summed E-state index contributed by atoms with van der Waals surface area (Å²) in [5.74, 6) is 0.756. The second-order valence-corrected chi connectivity index (χ2v) is 6.58. The predicted molar refractivity (Wildman–Crippen MR) is 96.9 cm³/mol. The molecule has 130 valence electrons. The molecule has 2 N–H and O–H groups in total. The highest BCUT2D eigenvalue weighted by atomic mass is 35.5. The summed E-state index contributed by atoms with van der Waals surface area (Å²) >= 11 is 6.02. The minimum absolute atomic E-state index is 0.311. The Balaban J connectivity index is 1.55. The molecule has 1 saturated heterocycles. The van der Waals surface area contributed by atoms with E-state index in [1.165, 1.54) is 0 Å². The Morgan fingerprint density at radius 1 is 1.40 bits per heavy atom. The van der Waals surface area contributed by atoms with E-state index in [1.807, 2.05) is 22.7 Å². The monoisotopic (exact) mass is 358 g/mol. The number of hydrogen-bond acceptors (Lipinski definition) is 6. The zero-order valence-electron chi connectivity index (χ0n) is 13.8. The van der Waals surface area contributed by atoms with Crippen molar-refractivity contribution in [2.45, 2.75) is 18.5 Å². The van der Waals surface area contributed by atoms with Gasteiger partial charge in [0, 0.05) is 43.0 Å². The number of aromatic nitrogens is 4. The molecule has 0 radical (unpaired) electrons. The Kier molecular flexibility index (Phi) is 4.52. The molecule has 0 aromatic carbocycles. The summed E-state index contributed by atoms with van der Waals surface area (Å²) in [6.07, 6.45) is 8.15. The number of pyridine rings is 1. The van der Waals surface area contributed by atoms with E-state index in [0.29, 0.717) is 23.7 Å². The molecule has 1 aliphatic heterocycles. The van der Waals surface area contributed by atoms with Gasteiger partial charge in [0.05, 0.1) is 30.9 Å². The van der Waals surface area contributed by atoms with Crippen molar-refractivity contribution in [3.05, 3.63) is 41.9 Å². The number of methoxy groups -OCH3 is 1. The van der Waals surface area contributed by atoms with Crippen LogP contribution in [-0.2, 0) is 4.74 Å². The first-order chi connectivity index (χ1) is 12.2. The third kappa shape index (κ3) is 3.44. The van der Waals surface area contributed by atoms with Crippen LogP contribution in [0.4, 0.5) is 5.82 Å². The topological polar surface area (TPSA) is 76.4 Å². The summed E-state index contributed by atoms with van der Waals surface area (Å²) < 4.78 is 7.15. The molecule has 4 heterocycles. The Hall–Kier alpha value is -2.22. The van der Waals surface area contributed by atoms with E-state index in [2.05, 4.69) is 20.6 Å². The molecule has 1 aliphatic rings. The van der Waals surface area contributed by atoms with E-state index >= 15 is 0 Å². The largest absolute Gasteiger partial charge is 0.383 e. The van der Waals surface area contributed by atoms with Crippen LogP contribution in [0.2, 0.25) is 5.02 Å². The van der Waals surface area contributed by atoms with Gasteiger partial charge in [-0.15, -0.1) is 0 Å². The van der Waals surface area contributed by atoms with Crippen LogP contribution in [0.3, 0.4) is 0 Å². The van der Waals surface area contributed by atoms with E-state index in [0.717, 1.165) is 35.8 Å². The molecule has 4 rings (SSSR count). The molecule has 0 spiro atoms. The fourth-order valence-corrected chi connectivity index (χ4v) is 3.32. The SMILES string of the molecule is COC[C@@H]1C[C@@H](Nc2cncc(-c3cnc4cc(Cl)ccn34)n2)CN1. The smallest absolute Gasteiger partial charge is 0.145 e. The van der Waals surface area contributed by atoms with Gasteiger partial charge in [0.1, 0.15) is 17.2 Å². The van der Waals surface area contributed by atoms with Gasteiger partial charge in [-0.25, -0.2) is 9.97 Å². The molecule has 0 aliphatic carbocycles. The second-order valence-electron chi connectivity index (χ2n) is 6.14. The van der Waals surface area contributed by atoms with Gasteiger partial charge in [-0.1, -0.05) is 11.6 Å². The van der Waals surface area contributed by atoms with Crippen LogP contribution in [0.1, 0.15) is 6.42 Å². The molecule has 25 heavy (non-hydrogen) atoms. The van der Waals surface area contributed by atoms with Crippen LogP contribution in [0, 0.1) is 0 Å². The quantitative estimate of drug-likeness (QED) is 0.728. The van der Waals surface area contributed by atoms with Crippen LogP contribution in [0.25, 0.3) is 17.0 Å². The molecule has 0 bridgehead atoms. The van der Waals surface area contributed by atoms with Crippen molar-refractivity contribution in [3.8, 4) is 11.4 Å². The van der Waals surface area contributed by atoms with Gasteiger partial charge in [-0.05, 0) is 12.5 Å². The van der Waals surface area contributed by atoms with Gasteiger partial charge in [-0.3, -0.25) is 9.38 Å². The van der Waals surface area contributed by atoms with E-state index in [9.17, 15) is 0 Å². The summed E-state index contributed by atoms with van der Waals surface area (Å²) in [6.45, 7) is 1.60. The van der Waals surface area contributed by atoms with Crippen molar-refractivity contribution >= 4 is 23.1 Å². The summed E-state index contributed by atoms with van der Waals surface area (Å²) in [5.41, 5.74) is 2.42. The lowest BCUT2D eigenvalue weighted by Crippen LogP contribution is -2.26. The van der Waals surface area contributed by atoms with Crippen molar-refractivity contribution in [1.29, 1.82) is 0 Å². The fourth-order valence-electron chi connectivity index (χ4n) is 3.17. The second kappa shape index (κ2) is 6.95. The summed E-state index contributed by atoms with van der Waals surface area (Å²) in [6, 6.07) is 4.34. The first kappa shape index (κ1) is 16.3. The number of ether oxygens (including phenoxy) is 1. The number of rotatable bonds is 5. The fraction of sp³-hybridized carbons (Fsp3) is 0.353. The lowest BCUT2D eigenvalue weighted by molar-refractivity contribution is 0.173. The number of halogens is 1. The van der Waals surface area contributed by atoms with Crippen LogP contribution in [0.15, 0.2) is 36.9 Å². The standard InChI is InChI=1S/C17H19ClN6O/c1-25-10-13-5-12(6-20-13)22-16-9-19-7-14(23-16)15-8-21-17-4-11(18)2-3-24(15)17/h2-4,7-9,12-13,20H,5-6,10H2,1H3,(H,22,23)/t12-,13+/m1/s1. The van der Waals surface area contributed by atoms with Crippen LogP contribution in [-0.4, -0.2) is 51.7 Å². The molecule has 0 amide bonds. The number of hydrogen-bond donors (Lipinski definition) is 2. The Morgan fingerprint density at radius 3 is 3.20 bits per heavy atom. The van der Waals surface area contributed by atoms with Crippen molar-refractivity contribution in [2.75, 3.05) is 25.6 Å². The first-order valence-electron chi connectivity index (χ1n) is 8.17. The number of nitrogens with one attached hydrogen (secondary N) is 2. The maximum Gasteiger partial charge on any atom is 0.145 e. The third-order valence-electron chi connectivity index (χ3n) is 4.31. The molecule has 1 fully saturated rings. The maximum absolute atomic E-state index is 6.02. The molecule has 3 aromatic rings. The molecule has 3 aromatic heterocycles. The van der Waals surface area contributed by atoms with Crippen LogP contribution >= 0.6 is 11.6 Å². The van der Waals surface area contributed by atoms with Gasteiger partial charge < -0.3 is 15.4 Å². The first-order valence-corrected chi connectivity index (χ1v) is 8.54. The van der Waals surface area contributed by atoms with E-state index in [-0.39, 0.29) is 0 Å². The van der Waals surface area contributed by atoms with Crippen molar-refractivity contribution in [3.63, 3.8) is 0 Å². The van der Waals surface area contributed by atoms with Crippen molar-refractivity contribution in [2.24, 2.45) is 0 Å². The Morgan fingerprint density at radius 2 is 2.32 bits per heavy atom. The van der Waals surface area contributed by atoms with Gasteiger partial charge in [0.25, 0.3) is 0 Å². The molecular weight excluding hydrogens is 340 g/mol. The van der Waals surface area contributed by atoms with Crippen LogP contribution < -0.4 is 10.6 Å². The average molecular weight is 359 g/mol. The number of fused-ring (bicyclic) bond motifs is 1. The molecule has 2 atom stereocenters. The highest BCUT2D eigenvalue weighted by Gasteiger charge is 2.24. The molecule has 7 nitrogen and oxygen atoms in total. The van der Waals surface area contributed by atoms with E-state index in [1.54, 1.807) is 25.7 Å². The minimum atomic E-state index is 0.311. The highest BCUT2D eigenvalue weighted by Crippen LogP contribution is 2.22. The minimum Gasteiger partial charge on any atom is -0.383 e. The third-order valence-corrected chi connectivity index (χ3v) is 4.55. The van der Waals surface area contributed by atoms with Gasteiger partial charge in [-0.2, -0.15) is 0 Å². The normalized spacial score (nSPS) is 20.2. The summed E-state index contributed by atoms with van der Waals surface area (Å²) in [7, 11) is 1.72. The van der Waals surface area contributed by atoms with E-state index < -0.39 is 0 Å². The summed E-state index contributed by atoms with van der Waals surface area (Å²) in [5, 5.41) is 7.54. The van der Waals surface area contributed by atoms with Crippen molar-refractivity contribution < 1.29 is 4.74 Å². The van der Waals surface area contributed by atoms with Gasteiger partial charge in [0.2, 0.25) is 0 Å². The van der Waals surface area contributed by atoms with E-state index in [4.69, 9.17) is 21.3 Å². The summed E-state index contributed by atoms with van der Waals surface area (Å²) in [4.78, 5) is 13.4. The highest BCUT2D eigenvalue weighted by molar-refractivity contribution is 6.30. The predicted octanol–water partition coefficient (Wildman–Crippen LogP) is 2.23. The lowest BCUT2D eigenvalue weighted by Gasteiger charge is -2.13. The lowest BCUT2D eigenvalue weighted by atomic mass is 10.2. The maximum atomic E-state index is 6.02. The average Bonchev–Trinajstić information content (AvgIpc) is 3.22. The molecule has 8 heteroatoms. The number of anilines is 1. The zero-order valence-corrected chi connectivity index (χ0v) is 14.6. The molecule has 0 saturated carbocycles. The number of imidazole rings is 1. The Bertz CT molecular complexity index is 882. The van der Waals surface area contributed by atoms with Gasteiger partial charge >= 0.3 is 0 Å². The van der Waals surface area contributed by atoms with Gasteiger partial charge in [0.15, 0.2) is 0 Å². The molecular formula is C17H19ClN6O. The Labute approximate surface area is 150 Å². The molecule has 0 unspecified atom stereocenters. The number of nitrogens with zero attached hydrogens (tertiary/aromatic N) is 4. The van der Waals surface area contributed by atoms with Crippen molar-refractivity contribution in [1.82, 2.24) is 24.7 Å².